The molecule has 1 saturated heterocycles. The van der Waals surface area contributed by atoms with Gasteiger partial charge in [-0.3, -0.25) is 24.1 Å². The summed E-state index contributed by atoms with van der Waals surface area (Å²) in [6, 6.07) is 3.33. The molecule has 11 atom stereocenters. The Morgan fingerprint density at radius 3 is 2.48 bits per heavy atom. The summed E-state index contributed by atoms with van der Waals surface area (Å²) in [5.74, 6) is -1.33. The summed E-state index contributed by atoms with van der Waals surface area (Å²) >= 11 is 0. The molecule has 306 valence electrons. The number of nitrogens with zero attached hydrogens (tertiary/aromatic N) is 1. The van der Waals surface area contributed by atoms with E-state index in [4.69, 9.17) is 18.6 Å². The number of amides is 3. The molecule has 4 fully saturated rings. The molecule has 3 unspecified atom stereocenters. The number of nitrogens with one attached hydrogen (secondary N) is 1. The minimum atomic E-state index is -1.32. The lowest BCUT2D eigenvalue weighted by atomic mass is 9.45. The molecule has 3 heterocycles. The number of carbonyl (C=O) groups excluding carboxylic acids is 4. The molecule has 14 nitrogen and oxygen atoms in total. The van der Waals surface area contributed by atoms with Gasteiger partial charge in [0.2, 0.25) is 5.91 Å². The third kappa shape index (κ3) is 7.72. The molecule has 0 radical (unpaired) electrons. The minimum absolute atomic E-state index is 0.00175. The monoisotopic (exact) mass is 780 g/mol. The molecule has 7 rings (SSSR count). The quantitative estimate of drug-likeness (QED) is 0.122. The number of rotatable bonds is 14. The van der Waals surface area contributed by atoms with E-state index in [-0.39, 0.29) is 98.3 Å². The van der Waals surface area contributed by atoms with Crippen LogP contribution in [0.4, 0.5) is 0 Å². The summed E-state index contributed by atoms with van der Waals surface area (Å²) in [5.41, 5.74) is 0.759. The molecule has 4 aliphatic carbocycles. The Morgan fingerprint density at radius 1 is 0.946 bits per heavy atom. The number of aliphatic hydroxyl groups excluding tert-OH is 2. The maximum Gasteiger partial charge on any atom is 0.335 e. The second-order valence-corrected chi connectivity index (χ2v) is 17.2. The fourth-order valence-electron chi connectivity index (χ4n) is 11.1. The first kappa shape index (κ1) is 40.7. The largest absolute Gasteiger partial charge is 0.431 e. The van der Waals surface area contributed by atoms with Crippen LogP contribution in [0.25, 0.3) is 0 Å². The van der Waals surface area contributed by atoms with Crippen molar-refractivity contribution in [2.24, 2.45) is 28.6 Å². The number of hydrogen-bond acceptors (Lipinski definition) is 12. The molecule has 0 aromatic carbocycles. The van der Waals surface area contributed by atoms with Crippen molar-refractivity contribution in [3.05, 3.63) is 58.2 Å². The fourth-order valence-corrected chi connectivity index (χ4v) is 11.1. The highest BCUT2D eigenvalue weighted by molar-refractivity contribution is 6.13. The first-order valence-electron chi connectivity index (χ1n) is 20.3. The summed E-state index contributed by atoms with van der Waals surface area (Å²) in [7, 11) is 0. The number of allylic oxidation sites excluding steroid dienone is 1. The van der Waals surface area contributed by atoms with E-state index in [2.05, 4.69) is 25.2 Å². The van der Waals surface area contributed by atoms with Gasteiger partial charge in [0, 0.05) is 61.9 Å². The molecule has 56 heavy (non-hydrogen) atoms. The molecule has 2 aliphatic heterocycles. The van der Waals surface area contributed by atoms with Gasteiger partial charge in [0.15, 0.2) is 6.29 Å². The van der Waals surface area contributed by atoms with E-state index >= 15 is 0 Å². The summed E-state index contributed by atoms with van der Waals surface area (Å²) in [6.07, 6.45) is 9.15. The van der Waals surface area contributed by atoms with Gasteiger partial charge >= 0.3 is 5.63 Å². The van der Waals surface area contributed by atoms with Gasteiger partial charge in [0.1, 0.15) is 11.9 Å². The number of fused-ring (bicyclic) bond motifs is 5. The zero-order valence-electron chi connectivity index (χ0n) is 32.4. The van der Waals surface area contributed by atoms with E-state index in [1.807, 2.05) is 6.07 Å². The first-order chi connectivity index (χ1) is 26.7. The number of carbonyl (C=O) groups is 4. The van der Waals surface area contributed by atoms with E-state index in [1.54, 1.807) is 6.26 Å². The lowest BCUT2D eigenvalue weighted by Crippen LogP contribution is -2.60. The zero-order chi connectivity index (χ0) is 39.8. The number of hydrogen-bond donors (Lipinski definition) is 4. The lowest BCUT2D eigenvalue weighted by molar-refractivity contribution is -0.270. The van der Waals surface area contributed by atoms with Crippen molar-refractivity contribution in [1.82, 2.24) is 10.2 Å². The van der Waals surface area contributed by atoms with E-state index in [9.17, 15) is 39.3 Å². The number of ketones is 1. The number of ether oxygens (including phenoxy) is 3. The highest BCUT2D eigenvalue weighted by Gasteiger charge is 2.66. The third-order valence-corrected chi connectivity index (χ3v) is 14.3. The Hall–Kier alpha value is -3.53. The summed E-state index contributed by atoms with van der Waals surface area (Å²) in [4.78, 5) is 60.5. The summed E-state index contributed by atoms with van der Waals surface area (Å²) in [6.45, 7) is 5.12. The van der Waals surface area contributed by atoms with Crippen LogP contribution in [-0.2, 0) is 33.4 Å². The Morgan fingerprint density at radius 2 is 1.73 bits per heavy atom. The van der Waals surface area contributed by atoms with Gasteiger partial charge in [-0.15, -0.1) is 0 Å². The van der Waals surface area contributed by atoms with Gasteiger partial charge in [-0.05, 0) is 86.2 Å². The summed E-state index contributed by atoms with van der Waals surface area (Å²) < 4.78 is 22.9. The van der Waals surface area contributed by atoms with Crippen LogP contribution in [-0.4, -0.2) is 107 Å². The lowest BCUT2D eigenvalue weighted by Gasteiger charge is -2.62. The maximum absolute atomic E-state index is 12.7. The van der Waals surface area contributed by atoms with Crippen molar-refractivity contribution in [1.29, 1.82) is 0 Å². The molecule has 1 aromatic heterocycles. The minimum Gasteiger partial charge on any atom is -0.431 e. The molecule has 14 heteroatoms. The average molecular weight is 781 g/mol. The smallest absolute Gasteiger partial charge is 0.335 e. The first-order valence-corrected chi connectivity index (χ1v) is 20.3. The molecule has 1 aromatic rings. The van der Waals surface area contributed by atoms with Crippen molar-refractivity contribution < 1.29 is 53.1 Å². The second kappa shape index (κ2) is 16.4. The Bertz CT molecular complexity index is 1750. The topological polar surface area (TPSA) is 202 Å². The Labute approximate surface area is 326 Å². The van der Waals surface area contributed by atoms with Gasteiger partial charge < -0.3 is 39.3 Å². The van der Waals surface area contributed by atoms with Gasteiger partial charge in [0.25, 0.3) is 11.8 Å². The molecule has 0 spiro atoms. The van der Waals surface area contributed by atoms with Crippen LogP contribution in [0, 0.1) is 28.6 Å². The second-order valence-electron chi connectivity index (χ2n) is 17.2. The standard InChI is InChI=1S/C42H56N2O12/c1-40-14-9-29(22-27(40)4-5-32-31(40)10-15-41(2)30(11-16-42(32,41)52)25-3-8-36(49)54-23-25)56-39-38(51)37(50)26(24-55-39)21-28(45)13-19-53-20-17-43-33(46)12-18-44-34(47)6-7-35(44)48/h3,6-8,22-23,26,29-32,37-39,50-52H,4-5,9-21,24H2,1-2H3,(H,43,46)/t26-,29-,30+,31?,32?,37-,38?,39+,40-,41+,42-/m0/s1. The summed E-state index contributed by atoms with van der Waals surface area (Å²) in [5, 5.41) is 37.2. The van der Waals surface area contributed by atoms with Gasteiger partial charge in [-0.1, -0.05) is 25.5 Å². The van der Waals surface area contributed by atoms with Gasteiger partial charge in [0.05, 0.1) is 43.9 Å². The van der Waals surface area contributed by atoms with Gasteiger partial charge in [-0.25, -0.2) is 4.79 Å². The van der Waals surface area contributed by atoms with Crippen LogP contribution >= 0.6 is 0 Å². The highest BCUT2D eigenvalue weighted by atomic mass is 16.7. The number of aliphatic hydroxyl groups is 3. The average Bonchev–Trinajstić information content (AvgIpc) is 3.65. The normalized spacial score (nSPS) is 37.8. The fraction of sp³-hybridized carbons (Fsp3) is 0.690. The Kier molecular flexibility index (Phi) is 11.9. The molecular formula is C42H56N2O12. The van der Waals surface area contributed by atoms with E-state index in [0.717, 1.165) is 61.8 Å². The zero-order valence-corrected chi connectivity index (χ0v) is 32.4. The predicted octanol–water partition coefficient (Wildman–Crippen LogP) is 2.68. The Balaban J connectivity index is 0.840. The van der Waals surface area contributed by atoms with Crippen molar-refractivity contribution in [2.75, 3.05) is 32.9 Å². The maximum atomic E-state index is 12.7. The van der Waals surface area contributed by atoms with Crippen molar-refractivity contribution >= 4 is 23.5 Å². The number of imide groups is 1. The van der Waals surface area contributed by atoms with Gasteiger partial charge in [-0.2, -0.15) is 0 Å². The molecule has 0 bridgehead atoms. The van der Waals surface area contributed by atoms with Crippen molar-refractivity contribution in [3.63, 3.8) is 0 Å². The number of Topliss-reactive ketones (excluding diaryl/α,β-unsaturated/α-hetero) is 1. The highest BCUT2D eigenvalue weighted by Crippen LogP contribution is 2.70. The predicted molar refractivity (Wildman–Crippen MR) is 200 cm³/mol. The van der Waals surface area contributed by atoms with Crippen LogP contribution in [0.5, 0.6) is 0 Å². The molecule has 6 aliphatic rings. The van der Waals surface area contributed by atoms with Crippen LogP contribution in [0.15, 0.2) is 51.4 Å². The molecule has 3 amide bonds. The SMILES string of the molecule is C[C@]12CC[C@H](O[C@H]3OC[C@H](CC(=O)CCOCCNC(=O)CCN4C(=O)C=CC4=O)[C@H](O)C3O)C=C1CCC1C2CC[C@]2(C)[C@@H](c3ccc(=O)oc3)CC[C@]12O. The third-order valence-electron chi connectivity index (χ3n) is 14.3. The molecular weight excluding hydrogens is 724 g/mol. The van der Waals surface area contributed by atoms with E-state index < -0.39 is 41.8 Å². The molecule has 3 saturated carbocycles. The van der Waals surface area contributed by atoms with Crippen molar-refractivity contribution in [2.45, 2.75) is 121 Å². The van der Waals surface area contributed by atoms with E-state index in [1.165, 1.54) is 23.8 Å². The van der Waals surface area contributed by atoms with Crippen LogP contribution < -0.4 is 10.9 Å². The van der Waals surface area contributed by atoms with Crippen molar-refractivity contribution in [3.8, 4) is 0 Å². The van der Waals surface area contributed by atoms with Crippen LogP contribution in [0.1, 0.15) is 96.0 Å². The molecule has 4 N–H and O–H groups in total. The van der Waals surface area contributed by atoms with Crippen LogP contribution in [0.2, 0.25) is 0 Å². The van der Waals surface area contributed by atoms with Crippen LogP contribution in [0.3, 0.4) is 0 Å². The van der Waals surface area contributed by atoms with E-state index in [0.29, 0.717) is 5.92 Å².